The van der Waals surface area contributed by atoms with Gasteiger partial charge < -0.3 is 0 Å². The lowest BCUT2D eigenvalue weighted by Crippen LogP contribution is -2.04. The lowest BCUT2D eigenvalue weighted by Gasteiger charge is -2.02. The molecule has 1 nitrogen and oxygen atoms in total. The standard InChI is InChI=1S/C9H6ClF2O/c1-2-7(13)8-6(11)4-3-5(10)9(8)12/h3-4H,1-2H2. The van der Waals surface area contributed by atoms with Crippen molar-refractivity contribution in [2.75, 3.05) is 0 Å². The molecule has 0 bridgehead atoms. The maximum atomic E-state index is 13.1. The Morgan fingerprint density at radius 3 is 2.62 bits per heavy atom. The van der Waals surface area contributed by atoms with E-state index in [0.29, 0.717) is 0 Å². The number of hydrogen-bond donors (Lipinski definition) is 0. The van der Waals surface area contributed by atoms with Gasteiger partial charge in [0.15, 0.2) is 11.6 Å². The van der Waals surface area contributed by atoms with E-state index in [-0.39, 0.29) is 11.4 Å². The fourth-order valence-electron chi connectivity index (χ4n) is 0.908. The SMILES string of the molecule is [CH2]CC(=O)c1c(F)ccc(Cl)c1F. The lowest BCUT2D eigenvalue weighted by atomic mass is 10.1. The first-order valence-electron chi connectivity index (χ1n) is 3.54. The Bertz CT molecular complexity index is 350. The summed E-state index contributed by atoms with van der Waals surface area (Å²) >= 11 is 5.37. The number of rotatable bonds is 2. The molecular formula is C9H6ClF2O. The summed E-state index contributed by atoms with van der Waals surface area (Å²) in [6.07, 6.45) is -0.200. The molecule has 0 aliphatic rings. The molecule has 0 N–H and O–H groups in total. The second-order valence-corrected chi connectivity index (χ2v) is 2.80. The van der Waals surface area contributed by atoms with Gasteiger partial charge in [0, 0.05) is 6.42 Å². The smallest absolute Gasteiger partial charge is 0.168 e. The molecule has 0 amide bonds. The zero-order chi connectivity index (χ0) is 10.0. The van der Waals surface area contributed by atoms with Gasteiger partial charge in [-0.1, -0.05) is 11.6 Å². The van der Waals surface area contributed by atoms with E-state index in [1.54, 1.807) is 0 Å². The predicted octanol–water partition coefficient (Wildman–Crippen LogP) is 3.03. The van der Waals surface area contributed by atoms with E-state index in [9.17, 15) is 13.6 Å². The van der Waals surface area contributed by atoms with Gasteiger partial charge in [0.05, 0.1) is 10.6 Å². The summed E-state index contributed by atoms with van der Waals surface area (Å²) in [6, 6.07) is 2.01. The average Bonchev–Trinajstić information content (AvgIpc) is 2.12. The third kappa shape index (κ3) is 1.86. The molecule has 0 saturated heterocycles. The molecule has 0 aliphatic heterocycles. The molecule has 0 aliphatic carbocycles. The van der Waals surface area contributed by atoms with Gasteiger partial charge in [-0.05, 0) is 19.1 Å². The van der Waals surface area contributed by atoms with E-state index in [4.69, 9.17) is 11.6 Å². The van der Waals surface area contributed by atoms with Crippen LogP contribution >= 0.6 is 11.6 Å². The Hall–Kier alpha value is -0.960. The van der Waals surface area contributed by atoms with E-state index in [1.165, 1.54) is 0 Å². The molecule has 1 aromatic carbocycles. The molecule has 13 heavy (non-hydrogen) atoms. The third-order valence-corrected chi connectivity index (χ3v) is 1.84. The van der Waals surface area contributed by atoms with Crippen LogP contribution < -0.4 is 0 Å². The minimum absolute atomic E-state index is 0.200. The van der Waals surface area contributed by atoms with E-state index < -0.39 is 23.0 Å². The Morgan fingerprint density at radius 1 is 1.46 bits per heavy atom. The van der Waals surface area contributed by atoms with Gasteiger partial charge in [-0.25, -0.2) is 8.78 Å². The molecule has 0 saturated carbocycles. The van der Waals surface area contributed by atoms with Crippen molar-refractivity contribution >= 4 is 17.4 Å². The van der Waals surface area contributed by atoms with Crippen LogP contribution in [0, 0.1) is 18.6 Å². The average molecular weight is 204 g/mol. The molecule has 0 fully saturated rings. The summed E-state index contributed by atoms with van der Waals surface area (Å²) < 4.78 is 26.0. The van der Waals surface area contributed by atoms with Crippen molar-refractivity contribution in [1.82, 2.24) is 0 Å². The Balaban J connectivity index is 3.33. The first kappa shape index (κ1) is 10.1. The molecule has 0 heterocycles. The normalized spacial score (nSPS) is 10.2. The van der Waals surface area contributed by atoms with Crippen molar-refractivity contribution in [3.63, 3.8) is 0 Å². The topological polar surface area (TPSA) is 17.1 Å². The highest BCUT2D eigenvalue weighted by Gasteiger charge is 2.17. The van der Waals surface area contributed by atoms with Gasteiger partial charge in [-0.15, -0.1) is 0 Å². The summed E-state index contributed by atoms with van der Waals surface area (Å²) in [7, 11) is 0. The van der Waals surface area contributed by atoms with E-state index >= 15 is 0 Å². The Labute approximate surface area is 79.3 Å². The summed E-state index contributed by atoms with van der Waals surface area (Å²) in [6.45, 7) is 3.25. The molecule has 0 unspecified atom stereocenters. The minimum Gasteiger partial charge on any atom is -0.294 e. The molecule has 4 heteroatoms. The summed E-state index contributed by atoms with van der Waals surface area (Å²) in [5, 5.41) is -0.266. The van der Waals surface area contributed by atoms with Crippen LogP contribution in [0.2, 0.25) is 5.02 Å². The van der Waals surface area contributed by atoms with Gasteiger partial charge in [0.25, 0.3) is 0 Å². The van der Waals surface area contributed by atoms with Gasteiger partial charge in [0.2, 0.25) is 0 Å². The zero-order valence-electron chi connectivity index (χ0n) is 6.61. The number of ketones is 1. The van der Waals surface area contributed by atoms with Gasteiger partial charge >= 0.3 is 0 Å². The predicted molar refractivity (Wildman–Crippen MR) is 45.7 cm³/mol. The number of halogens is 3. The summed E-state index contributed by atoms with van der Waals surface area (Å²) in [4.78, 5) is 11.0. The largest absolute Gasteiger partial charge is 0.294 e. The van der Waals surface area contributed by atoms with Crippen molar-refractivity contribution in [3.8, 4) is 0 Å². The maximum Gasteiger partial charge on any atom is 0.168 e. The third-order valence-electron chi connectivity index (χ3n) is 1.55. The van der Waals surface area contributed by atoms with Crippen LogP contribution in [0.4, 0.5) is 8.78 Å². The van der Waals surface area contributed by atoms with Crippen molar-refractivity contribution in [2.45, 2.75) is 6.42 Å². The van der Waals surface area contributed by atoms with Gasteiger partial charge in [-0.3, -0.25) is 4.79 Å². The number of Topliss-reactive ketones (excluding diaryl/α,β-unsaturated/α-hetero) is 1. The number of carbonyl (C=O) groups excluding carboxylic acids is 1. The highest BCUT2D eigenvalue weighted by molar-refractivity contribution is 6.31. The highest BCUT2D eigenvalue weighted by atomic mass is 35.5. The molecule has 0 atom stereocenters. The highest BCUT2D eigenvalue weighted by Crippen LogP contribution is 2.21. The Morgan fingerprint density at radius 2 is 2.08 bits per heavy atom. The molecule has 0 spiro atoms. The van der Waals surface area contributed by atoms with Crippen LogP contribution in [-0.2, 0) is 0 Å². The molecule has 1 aromatic rings. The molecule has 1 rings (SSSR count). The fourth-order valence-corrected chi connectivity index (χ4v) is 1.07. The van der Waals surface area contributed by atoms with Crippen LogP contribution in [0.3, 0.4) is 0 Å². The zero-order valence-corrected chi connectivity index (χ0v) is 7.37. The fraction of sp³-hybridized carbons (Fsp3) is 0.111. The number of benzene rings is 1. The summed E-state index contributed by atoms with van der Waals surface area (Å²) in [5.41, 5.74) is -0.609. The van der Waals surface area contributed by atoms with E-state index in [2.05, 4.69) is 6.92 Å². The first-order chi connectivity index (χ1) is 6.07. The first-order valence-corrected chi connectivity index (χ1v) is 3.91. The van der Waals surface area contributed by atoms with Gasteiger partial charge in [-0.2, -0.15) is 0 Å². The summed E-state index contributed by atoms with van der Waals surface area (Å²) in [5.74, 6) is -2.62. The van der Waals surface area contributed by atoms with Crippen LogP contribution in [0.15, 0.2) is 12.1 Å². The lowest BCUT2D eigenvalue weighted by molar-refractivity contribution is 0.0987. The second-order valence-electron chi connectivity index (χ2n) is 2.39. The van der Waals surface area contributed by atoms with Crippen LogP contribution in [-0.4, -0.2) is 5.78 Å². The van der Waals surface area contributed by atoms with Crippen molar-refractivity contribution in [1.29, 1.82) is 0 Å². The monoisotopic (exact) mass is 203 g/mol. The second kappa shape index (κ2) is 3.83. The number of hydrogen-bond acceptors (Lipinski definition) is 1. The van der Waals surface area contributed by atoms with Crippen LogP contribution in [0.5, 0.6) is 0 Å². The number of carbonyl (C=O) groups is 1. The van der Waals surface area contributed by atoms with Crippen LogP contribution in [0.1, 0.15) is 16.8 Å². The molecular weight excluding hydrogens is 198 g/mol. The quantitative estimate of drug-likeness (QED) is 0.533. The van der Waals surface area contributed by atoms with Crippen molar-refractivity contribution in [2.24, 2.45) is 0 Å². The Kier molecular flexibility index (Phi) is 2.98. The molecule has 69 valence electrons. The minimum atomic E-state index is -1.02. The van der Waals surface area contributed by atoms with Crippen LogP contribution in [0.25, 0.3) is 0 Å². The van der Waals surface area contributed by atoms with Crippen molar-refractivity contribution in [3.05, 3.63) is 41.3 Å². The molecule has 0 aromatic heterocycles. The van der Waals surface area contributed by atoms with Gasteiger partial charge in [0.1, 0.15) is 5.82 Å². The van der Waals surface area contributed by atoms with Crippen molar-refractivity contribution < 1.29 is 13.6 Å². The maximum absolute atomic E-state index is 13.1. The van der Waals surface area contributed by atoms with E-state index in [0.717, 1.165) is 12.1 Å². The molecule has 1 radical (unpaired) electrons. The van der Waals surface area contributed by atoms with E-state index in [1.807, 2.05) is 0 Å².